The minimum Gasteiger partial charge on any atom is -0.356 e. The highest BCUT2D eigenvalue weighted by atomic mass is 16.1. The fourth-order valence-corrected chi connectivity index (χ4v) is 3.34. The van der Waals surface area contributed by atoms with E-state index in [9.17, 15) is 4.79 Å². The molecule has 1 fully saturated rings. The first-order chi connectivity index (χ1) is 12.2. The zero-order valence-corrected chi connectivity index (χ0v) is 15.6. The van der Waals surface area contributed by atoms with Crippen molar-refractivity contribution in [2.24, 2.45) is 10.9 Å². The molecule has 0 aromatic heterocycles. The number of carbonyl (C=O) groups is 1. The van der Waals surface area contributed by atoms with E-state index in [1.807, 2.05) is 31.2 Å². The number of nitrogens with zero attached hydrogens (tertiary/aromatic N) is 1. The van der Waals surface area contributed by atoms with Crippen LogP contribution in [0.3, 0.4) is 0 Å². The summed E-state index contributed by atoms with van der Waals surface area (Å²) in [5, 5.41) is 9.52. The Morgan fingerprint density at radius 2 is 1.84 bits per heavy atom. The van der Waals surface area contributed by atoms with Gasteiger partial charge in [-0.05, 0) is 43.4 Å². The standard InChI is InChI=1S/C20H32N4O/c1-3-22-19(25)18-12-10-17(11-13-18)15-24-20(21-2)23-14-6-9-16-7-4-5-8-16/h10-13,16H,3-9,14-15H2,1-2H3,(H,22,25)(H2,21,23,24). The Kier molecular flexibility index (Phi) is 8.29. The lowest BCUT2D eigenvalue weighted by Crippen LogP contribution is -2.37. The normalized spacial score (nSPS) is 15.2. The van der Waals surface area contributed by atoms with Crippen molar-refractivity contribution in [1.82, 2.24) is 16.0 Å². The van der Waals surface area contributed by atoms with Crippen molar-refractivity contribution in [2.45, 2.75) is 52.0 Å². The van der Waals surface area contributed by atoms with Gasteiger partial charge in [0.15, 0.2) is 5.96 Å². The molecule has 1 aromatic carbocycles. The summed E-state index contributed by atoms with van der Waals surface area (Å²) in [4.78, 5) is 16.0. The summed E-state index contributed by atoms with van der Waals surface area (Å²) in [6.45, 7) is 4.22. The van der Waals surface area contributed by atoms with Gasteiger partial charge >= 0.3 is 0 Å². The van der Waals surface area contributed by atoms with Crippen LogP contribution < -0.4 is 16.0 Å². The Hall–Kier alpha value is -2.04. The maximum atomic E-state index is 11.8. The van der Waals surface area contributed by atoms with E-state index in [4.69, 9.17) is 0 Å². The minimum atomic E-state index is -0.0262. The number of hydrogen-bond acceptors (Lipinski definition) is 2. The van der Waals surface area contributed by atoms with Gasteiger partial charge in [0, 0.05) is 32.2 Å². The molecule has 1 amide bonds. The fraction of sp³-hybridized carbons (Fsp3) is 0.600. The Labute approximate surface area is 151 Å². The van der Waals surface area contributed by atoms with E-state index < -0.39 is 0 Å². The third-order valence-corrected chi connectivity index (χ3v) is 4.79. The van der Waals surface area contributed by atoms with Gasteiger partial charge in [0.1, 0.15) is 0 Å². The number of hydrogen-bond donors (Lipinski definition) is 3. The molecule has 0 heterocycles. The summed E-state index contributed by atoms with van der Waals surface area (Å²) in [6, 6.07) is 7.68. The molecule has 1 aromatic rings. The van der Waals surface area contributed by atoms with Gasteiger partial charge < -0.3 is 16.0 Å². The molecule has 1 aliphatic rings. The summed E-state index contributed by atoms with van der Waals surface area (Å²) < 4.78 is 0. The van der Waals surface area contributed by atoms with Gasteiger partial charge in [0.05, 0.1) is 0 Å². The fourth-order valence-electron chi connectivity index (χ4n) is 3.34. The van der Waals surface area contributed by atoms with Crippen molar-refractivity contribution in [3.8, 4) is 0 Å². The van der Waals surface area contributed by atoms with Crippen LogP contribution in [0.5, 0.6) is 0 Å². The van der Waals surface area contributed by atoms with Crippen LogP contribution in [0.2, 0.25) is 0 Å². The second-order valence-corrected chi connectivity index (χ2v) is 6.70. The number of carbonyl (C=O) groups excluding carboxylic acids is 1. The molecule has 1 aliphatic carbocycles. The predicted octanol–water partition coefficient (Wildman–Crippen LogP) is 3.07. The number of benzene rings is 1. The number of guanidine groups is 1. The van der Waals surface area contributed by atoms with Crippen LogP contribution >= 0.6 is 0 Å². The zero-order valence-electron chi connectivity index (χ0n) is 15.6. The molecule has 2 rings (SSSR count). The number of nitrogens with one attached hydrogen (secondary N) is 3. The average molecular weight is 345 g/mol. The summed E-state index contributed by atoms with van der Waals surface area (Å²) in [7, 11) is 1.80. The van der Waals surface area contributed by atoms with Gasteiger partial charge in [0.25, 0.3) is 5.91 Å². The third-order valence-electron chi connectivity index (χ3n) is 4.79. The molecular weight excluding hydrogens is 312 g/mol. The van der Waals surface area contributed by atoms with Crippen LogP contribution in [0.4, 0.5) is 0 Å². The molecule has 0 aliphatic heterocycles. The lowest BCUT2D eigenvalue weighted by Gasteiger charge is -2.13. The van der Waals surface area contributed by atoms with Gasteiger partial charge in [-0.1, -0.05) is 37.8 Å². The van der Waals surface area contributed by atoms with Gasteiger partial charge in [-0.3, -0.25) is 9.79 Å². The second-order valence-electron chi connectivity index (χ2n) is 6.70. The molecule has 3 N–H and O–H groups in total. The van der Waals surface area contributed by atoms with Crippen LogP contribution in [0.25, 0.3) is 0 Å². The van der Waals surface area contributed by atoms with E-state index in [2.05, 4.69) is 20.9 Å². The van der Waals surface area contributed by atoms with Crippen LogP contribution in [0, 0.1) is 5.92 Å². The number of amides is 1. The van der Waals surface area contributed by atoms with Crippen LogP contribution in [-0.2, 0) is 6.54 Å². The largest absolute Gasteiger partial charge is 0.356 e. The lowest BCUT2D eigenvalue weighted by molar-refractivity contribution is 0.0956. The molecule has 5 nitrogen and oxygen atoms in total. The zero-order chi connectivity index (χ0) is 17.9. The van der Waals surface area contributed by atoms with Crippen molar-refractivity contribution in [2.75, 3.05) is 20.1 Å². The van der Waals surface area contributed by atoms with Crippen molar-refractivity contribution in [1.29, 1.82) is 0 Å². The van der Waals surface area contributed by atoms with E-state index in [1.165, 1.54) is 38.5 Å². The Bertz CT molecular complexity index is 547. The Morgan fingerprint density at radius 1 is 1.12 bits per heavy atom. The lowest BCUT2D eigenvalue weighted by atomic mass is 10.0. The molecule has 0 atom stereocenters. The van der Waals surface area contributed by atoms with Crippen molar-refractivity contribution in [3.63, 3.8) is 0 Å². The molecule has 1 saturated carbocycles. The summed E-state index contributed by atoms with van der Waals surface area (Å²) in [6.07, 6.45) is 8.19. The molecule has 0 unspecified atom stereocenters. The average Bonchev–Trinajstić information content (AvgIpc) is 3.15. The van der Waals surface area contributed by atoms with Crippen LogP contribution in [0.15, 0.2) is 29.3 Å². The van der Waals surface area contributed by atoms with E-state index in [-0.39, 0.29) is 5.91 Å². The first kappa shape index (κ1) is 19.3. The molecule has 0 spiro atoms. The highest BCUT2D eigenvalue weighted by molar-refractivity contribution is 5.94. The van der Waals surface area contributed by atoms with Gasteiger partial charge in [-0.15, -0.1) is 0 Å². The highest BCUT2D eigenvalue weighted by Crippen LogP contribution is 2.28. The first-order valence-corrected chi connectivity index (χ1v) is 9.54. The maximum Gasteiger partial charge on any atom is 0.251 e. The van der Waals surface area contributed by atoms with Gasteiger partial charge in [-0.2, -0.15) is 0 Å². The van der Waals surface area contributed by atoms with Crippen molar-refractivity contribution in [3.05, 3.63) is 35.4 Å². The SMILES string of the molecule is CCNC(=O)c1ccc(CNC(=NC)NCCCC2CCCC2)cc1. The van der Waals surface area contributed by atoms with E-state index in [0.717, 1.165) is 24.0 Å². The topological polar surface area (TPSA) is 65.5 Å². The van der Waals surface area contributed by atoms with E-state index >= 15 is 0 Å². The monoisotopic (exact) mass is 344 g/mol. The summed E-state index contributed by atoms with van der Waals surface area (Å²) in [5.74, 6) is 1.75. The molecular formula is C20H32N4O. The molecule has 5 heteroatoms. The number of aliphatic imine (C=N–C) groups is 1. The van der Waals surface area contributed by atoms with E-state index in [1.54, 1.807) is 7.05 Å². The molecule has 0 radical (unpaired) electrons. The second kappa shape index (κ2) is 10.7. The molecule has 25 heavy (non-hydrogen) atoms. The molecule has 0 bridgehead atoms. The Morgan fingerprint density at radius 3 is 2.48 bits per heavy atom. The molecule has 138 valence electrons. The predicted molar refractivity (Wildman–Crippen MR) is 104 cm³/mol. The van der Waals surface area contributed by atoms with Crippen molar-refractivity contribution < 1.29 is 4.79 Å². The smallest absolute Gasteiger partial charge is 0.251 e. The third kappa shape index (κ3) is 6.77. The van der Waals surface area contributed by atoms with Gasteiger partial charge in [-0.25, -0.2) is 0 Å². The van der Waals surface area contributed by atoms with Gasteiger partial charge in [0.2, 0.25) is 0 Å². The summed E-state index contributed by atoms with van der Waals surface area (Å²) >= 11 is 0. The molecule has 0 saturated heterocycles. The minimum absolute atomic E-state index is 0.0262. The quantitative estimate of drug-likeness (QED) is 0.386. The highest BCUT2D eigenvalue weighted by Gasteiger charge is 2.14. The number of rotatable bonds is 8. The van der Waals surface area contributed by atoms with Crippen LogP contribution in [-0.4, -0.2) is 32.0 Å². The Balaban J connectivity index is 1.68. The van der Waals surface area contributed by atoms with E-state index in [0.29, 0.717) is 18.7 Å². The summed E-state index contributed by atoms with van der Waals surface area (Å²) in [5.41, 5.74) is 1.82. The van der Waals surface area contributed by atoms with Crippen LogP contribution in [0.1, 0.15) is 61.4 Å². The first-order valence-electron chi connectivity index (χ1n) is 9.54. The van der Waals surface area contributed by atoms with Crippen molar-refractivity contribution >= 4 is 11.9 Å². The maximum absolute atomic E-state index is 11.8.